The van der Waals surface area contributed by atoms with E-state index in [0.29, 0.717) is 5.92 Å². The van der Waals surface area contributed by atoms with E-state index in [9.17, 15) is 4.91 Å². The predicted molar refractivity (Wildman–Crippen MR) is 42.7 cm³/mol. The molecule has 0 saturated carbocycles. The predicted octanol–water partition coefficient (Wildman–Crippen LogP) is 2.88. The smallest absolute Gasteiger partial charge is 0.260 e. The van der Waals surface area contributed by atoms with Crippen molar-refractivity contribution in [2.24, 2.45) is 11.1 Å². The van der Waals surface area contributed by atoms with Crippen LogP contribution in [0.25, 0.3) is 0 Å². The number of hydrogen-bond donors (Lipinski definition) is 0. The average molecular weight is 153 g/mol. The van der Waals surface area contributed by atoms with Gasteiger partial charge in [-0.15, -0.1) is 4.91 Å². The van der Waals surface area contributed by atoms with Gasteiger partial charge in [0, 0.05) is 17.7 Å². The van der Waals surface area contributed by atoms with Crippen LogP contribution in [-0.4, -0.2) is 0 Å². The van der Waals surface area contributed by atoms with Crippen molar-refractivity contribution in [3.8, 4) is 0 Å². The lowest BCUT2D eigenvalue weighted by Crippen LogP contribution is -1.90. The Labute approximate surface area is 65.4 Å². The Morgan fingerprint density at radius 2 is 2.27 bits per heavy atom. The molecule has 1 rings (SSSR count). The number of nitrogens with zero attached hydrogens (tertiary/aromatic N) is 1. The van der Waals surface area contributed by atoms with E-state index in [1.165, 1.54) is 0 Å². The minimum absolute atomic E-state index is 0.167. The van der Waals surface area contributed by atoms with Crippen LogP contribution in [0, 0.1) is 10.8 Å². The molecule has 0 aliphatic heterocycles. The molecule has 0 amide bonds. The van der Waals surface area contributed by atoms with E-state index in [-0.39, 0.29) is 5.88 Å². The molecule has 0 atom stereocenters. The van der Waals surface area contributed by atoms with Crippen molar-refractivity contribution in [2.45, 2.75) is 20.3 Å². The van der Waals surface area contributed by atoms with Crippen LogP contribution in [0.4, 0.5) is 5.88 Å². The lowest BCUT2D eigenvalue weighted by atomic mass is 10.1. The highest BCUT2D eigenvalue weighted by atomic mass is 16.4. The van der Waals surface area contributed by atoms with Gasteiger partial charge in [0.1, 0.15) is 5.76 Å². The maximum absolute atomic E-state index is 9.96. The fourth-order valence-corrected chi connectivity index (χ4v) is 0.928. The number of hydrogen-bond acceptors (Lipinski definition) is 3. The number of rotatable bonds is 3. The van der Waals surface area contributed by atoms with E-state index in [0.717, 1.165) is 12.2 Å². The second-order valence-corrected chi connectivity index (χ2v) is 2.93. The monoisotopic (exact) mass is 153 g/mol. The van der Waals surface area contributed by atoms with Crippen molar-refractivity contribution in [1.82, 2.24) is 0 Å². The molecule has 1 heterocycles. The maximum Gasteiger partial charge on any atom is 0.260 e. The first kappa shape index (κ1) is 7.98. The standard InChI is InChI=1S/C8H11NO2/c1-6(2)5-7-3-4-8(9-10)11-7/h3-4,6H,5H2,1-2H3. The first-order valence-electron chi connectivity index (χ1n) is 3.64. The highest BCUT2D eigenvalue weighted by Gasteiger charge is 2.03. The van der Waals surface area contributed by atoms with Crippen LogP contribution in [0.15, 0.2) is 21.7 Å². The quantitative estimate of drug-likeness (QED) is 0.626. The van der Waals surface area contributed by atoms with E-state index >= 15 is 0 Å². The summed E-state index contributed by atoms with van der Waals surface area (Å²) in [5, 5.41) is 2.68. The SMILES string of the molecule is CC(C)Cc1ccc(N=O)o1. The summed E-state index contributed by atoms with van der Waals surface area (Å²) in [6.45, 7) is 4.19. The lowest BCUT2D eigenvalue weighted by Gasteiger charge is -1.98. The fourth-order valence-electron chi connectivity index (χ4n) is 0.928. The molecule has 0 fully saturated rings. The van der Waals surface area contributed by atoms with Gasteiger partial charge in [-0.3, -0.25) is 0 Å². The number of nitroso groups, excluding NO2 is 1. The Bertz CT molecular complexity index is 240. The van der Waals surface area contributed by atoms with Gasteiger partial charge < -0.3 is 4.42 Å². The molecule has 1 aromatic heterocycles. The van der Waals surface area contributed by atoms with Crippen molar-refractivity contribution in [2.75, 3.05) is 0 Å². The largest absolute Gasteiger partial charge is 0.441 e. The summed E-state index contributed by atoms with van der Waals surface area (Å²) in [6.07, 6.45) is 0.857. The zero-order valence-electron chi connectivity index (χ0n) is 6.70. The van der Waals surface area contributed by atoms with Crippen molar-refractivity contribution in [3.05, 3.63) is 22.8 Å². The highest BCUT2D eigenvalue weighted by Crippen LogP contribution is 2.18. The number of furan rings is 1. The van der Waals surface area contributed by atoms with E-state index < -0.39 is 0 Å². The Hall–Kier alpha value is -1.12. The summed E-state index contributed by atoms with van der Waals surface area (Å²) in [6, 6.07) is 3.38. The molecule has 0 bridgehead atoms. The molecule has 11 heavy (non-hydrogen) atoms. The highest BCUT2D eigenvalue weighted by molar-refractivity contribution is 5.24. The zero-order chi connectivity index (χ0) is 8.27. The van der Waals surface area contributed by atoms with E-state index in [1.807, 2.05) is 0 Å². The second kappa shape index (κ2) is 3.32. The van der Waals surface area contributed by atoms with Crippen molar-refractivity contribution in [1.29, 1.82) is 0 Å². The Balaban J connectivity index is 2.65. The van der Waals surface area contributed by atoms with Crippen LogP contribution in [-0.2, 0) is 6.42 Å². The van der Waals surface area contributed by atoms with Gasteiger partial charge in [0.2, 0.25) is 0 Å². The minimum atomic E-state index is 0.167. The molecule has 60 valence electrons. The summed E-state index contributed by atoms with van der Waals surface area (Å²) in [5.74, 6) is 1.54. The van der Waals surface area contributed by atoms with Crippen LogP contribution in [0.1, 0.15) is 19.6 Å². The van der Waals surface area contributed by atoms with Crippen molar-refractivity contribution in [3.63, 3.8) is 0 Å². The first-order valence-corrected chi connectivity index (χ1v) is 3.64. The molecule has 0 N–H and O–H groups in total. The van der Waals surface area contributed by atoms with Crippen LogP contribution >= 0.6 is 0 Å². The third-order valence-electron chi connectivity index (χ3n) is 1.35. The van der Waals surface area contributed by atoms with Crippen molar-refractivity contribution < 1.29 is 4.42 Å². The van der Waals surface area contributed by atoms with Crippen LogP contribution in [0.2, 0.25) is 0 Å². The molecule has 0 radical (unpaired) electrons. The normalized spacial score (nSPS) is 10.5. The topological polar surface area (TPSA) is 42.6 Å². The van der Waals surface area contributed by atoms with Gasteiger partial charge in [-0.05, 0) is 12.0 Å². The Morgan fingerprint density at radius 3 is 2.73 bits per heavy atom. The Morgan fingerprint density at radius 1 is 1.55 bits per heavy atom. The summed E-state index contributed by atoms with van der Waals surface area (Å²) in [5.41, 5.74) is 0. The molecule has 3 nitrogen and oxygen atoms in total. The van der Waals surface area contributed by atoms with Gasteiger partial charge in [0.25, 0.3) is 5.88 Å². The van der Waals surface area contributed by atoms with Gasteiger partial charge in [0.05, 0.1) is 0 Å². The molecule has 0 spiro atoms. The van der Waals surface area contributed by atoms with Gasteiger partial charge in [-0.2, -0.15) is 0 Å². The zero-order valence-corrected chi connectivity index (χ0v) is 6.70. The molecule has 3 heteroatoms. The van der Waals surface area contributed by atoms with Gasteiger partial charge in [-0.1, -0.05) is 13.8 Å². The van der Waals surface area contributed by atoms with E-state index in [1.54, 1.807) is 12.1 Å². The second-order valence-electron chi connectivity index (χ2n) is 2.93. The minimum Gasteiger partial charge on any atom is -0.441 e. The molecule has 0 aliphatic carbocycles. The molecule has 0 unspecified atom stereocenters. The summed E-state index contributed by atoms with van der Waals surface area (Å²) in [4.78, 5) is 9.96. The average Bonchev–Trinajstić information content (AvgIpc) is 2.34. The lowest BCUT2D eigenvalue weighted by molar-refractivity contribution is 0.479. The van der Waals surface area contributed by atoms with Crippen LogP contribution in [0.5, 0.6) is 0 Å². The molecule has 0 aromatic carbocycles. The van der Waals surface area contributed by atoms with Crippen molar-refractivity contribution >= 4 is 5.88 Å². The van der Waals surface area contributed by atoms with Crippen LogP contribution in [0.3, 0.4) is 0 Å². The summed E-state index contributed by atoms with van der Waals surface area (Å²) in [7, 11) is 0. The maximum atomic E-state index is 9.96. The summed E-state index contributed by atoms with van der Waals surface area (Å²) < 4.78 is 5.06. The van der Waals surface area contributed by atoms with E-state index in [4.69, 9.17) is 4.42 Å². The van der Waals surface area contributed by atoms with Gasteiger partial charge in [-0.25, -0.2) is 0 Å². The molecule has 0 saturated heterocycles. The third-order valence-corrected chi connectivity index (χ3v) is 1.35. The summed E-state index contributed by atoms with van der Waals surface area (Å²) >= 11 is 0. The molecule has 0 aliphatic rings. The molecule has 1 aromatic rings. The Kier molecular flexibility index (Phi) is 2.41. The van der Waals surface area contributed by atoms with E-state index in [2.05, 4.69) is 19.0 Å². The fraction of sp³-hybridized carbons (Fsp3) is 0.500. The first-order chi connectivity index (χ1) is 5.22. The third kappa shape index (κ3) is 2.18. The van der Waals surface area contributed by atoms with Crippen LogP contribution < -0.4 is 0 Å². The molecular formula is C8H11NO2. The van der Waals surface area contributed by atoms with Gasteiger partial charge in [0.15, 0.2) is 0 Å². The van der Waals surface area contributed by atoms with Gasteiger partial charge >= 0.3 is 0 Å². The molecular weight excluding hydrogens is 142 g/mol.